The number of aryl methyl sites for hydroxylation is 1. The van der Waals surface area contributed by atoms with Crippen molar-refractivity contribution in [2.45, 2.75) is 32.1 Å². The quantitative estimate of drug-likeness (QED) is 0.875. The van der Waals surface area contributed by atoms with E-state index in [1.165, 1.54) is 5.56 Å². The molecular weight excluding hydrogens is 269 g/mol. The van der Waals surface area contributed by atoms with Gasteiger partial charge in [-0.1, -0.05) is 13.0 Å². The molecule has 3 heteroatoms. The Morgan fingerprint density at radius 1 is 1.38 bits per heavy atom. The van der Waals surface area contributed by atoms with Crippen LogP contribution < -0.4 is 5.32 Å². The van der Waals surface area contributed by atoms with Crippen molar-refractivity contribution in [3.8, 4) is 0 Å². The zero-order chi connectivity index (χ0) is 11.5. The molecule has 88 valence electrons. The first-order chi connectivity index (χ1) is 7.72. The largest absolute Gasteiger partial charge is 0.317 e. The van der Waals surface area contributed by atoms with Crippen molar-refractivity contribution >= 4 is 15.9 Å². The standard InChI is InChI=1S/C13H17BrFN/c1-2-9-7-11(13(15)12(14)8-9)10-3-5-16-6-4-10/h7-8,10,16H,2-6H2,1H3. The Morgan fingerprint density at radius 2 is 2.06 bits per heavy atom. The zero-order valence-corrected chi connectivity index (χ0v) is 11.1. The first-order valence-electron chi connectivity index (χ1n) is 5.91. The Kier molecular flexibility index (Phi) is 3.98. The number of rotatable bonds is 2. The lowest BCUT2D eigenvalue weighted by Gasteiger charge is -2.24. The van der Waals surface area contributed by atoms with Gasteiger partial charge in [0.2, 0.25) is 0 Å². The summed E-state index contributed by atoms with van der Waals surface area (Å²) < 4.78 is 14.6. The van der Waals surface area contributed by atoms with E-state index in [2.05, 4.69) is 28.2 Å². The van der Waals surface area contributed by atoms with Gasteiger partial charge in [-0.3, -0.25) is 0 Å². The summed E-state index contributed by atoms with van der Waals surface area (Å²) in [5.74, 6) is 0.313. The topological polar surface area (TPSA) is 12.0 Å². The number of hydrogen-bond donors (Lipinski definition) is 1. The van der Waals surface area contributed by atoms with E-state index in [-0.39, 0.29) is 5.82 Å². The van der Waals surface area contributed by atoms with Crippen molar-refractivity contribution < 1.29 is 4.39 Å². The summed E-state index contributed by atoms with van der Waals surface area (Å²) >= 11 is 3.31. The molecule has 0 amide bonds. The van der Waals surface area contributed by atoms with E-state index >= 15 is 0 Å². The predicted octanol–water partition coefficient (Wildman–Crippen LogP) is 3.62. The third-order valence-corrected chi connectivity index (χ3v) is 3.88. The highest BCUT2D eigenvalue weighted by atomic mass is 79.9. The molecule has 16 heavy (non-hydrogen) atoms. The fourth-order valence-electron chi connectivity index (χ4n) is 2.30. The molecule has 0 spiro atoms. The van der Waals surface area contributed by atoms with Gasteiger partial charge in [-0.05, 0) is 71.4 Å². The Morgan fingerprint density at radius 3 is 2.69 bits per heavy atom. The maximum atomic E-state index is 14.0. The Labute approximate surface area is 105 Å². The van der Waals surface area contributed by atoms with Crippen molar-refractivity contribution in [1.29, 1.82) is 0 Å². The SMILES string of the molecule is CCc1cc(Br)c(F)c(C2CCNCC2)c1. The molecule has 1 aromatic carbocycles. The summed E-state index contributed by atoms with van der Waals surface area (Å²) in [5, 5.41) is 3.31. The van der Waals surface area contributed by atoms with Crippen LogP contribution in [0.2, 0.25) is 0 Å². The maximum absolute atomic E-state index is 14.0. The van der Waals surface area contributed by atoms with E-state index in [4.69, 9.17) is 0 Å². The van der Waals surface area contributed by atoms with Gasteiger partial charge in [0.25, 0.3) is 0 Å². The van der Waals surface area contributed by atoms with Crippen LogP contribution in [-0.2, 0) is 6.42 Å². The van der Waals surface area contributed by atoms with Crippen molar-refractivity contribution in [1.82, 2.24) is 5.32 Å². The van der Waals surface area contributed by atoms with Gasteiger partial charge in [0.05, 0.1) is 4.47 Å². The van der Waals surface area contributed by atoms with E-state index < -0.39 is 0 Å². The van der Waals surface area contributed by atoms with Crippen molar-refractivity contribution in [2.24, 2.45) is 0 Å². The minimum Gasteiger partial charge on any atom is -0.317 e. The van der Waals surface area contributed by atoms with Crippen LogP contribution in [0.3, 0.4) is 0 Å². The Balaban J connectivity index is 2.33. The predicted molar refractivity (Wildman–Crippen MR) is 68.3 cm³/mol. The van der Waals surface area contributed by atoms with Crippen LogP contribution in [0, 0.1) is 5.82 Å². The second kappa shape index (κ2) is 5.28. The molecule has 0 aromatic heterocycles. The van der Waals surface area contributed by atoms with E-state index in [1.807, 2.05) is 12.1 Å². The number of benzene rings is 1. The van der Waals surface area contributed by atoms with Crippen LogP contribution in [0.15, 0.2) is 16.6 Å². The lowest BCUT2D eigenvalue weighted by Crippen LogP contribution is -2.27. The molecule has 1 N–H and O–H groups in total. The highest BCUT2D eigenvalue weighted by Gasteiger charge is 2.20. The summed E-state index contributed by atoms with van der Waals surface area (Å²) in [7, 11) is 0. The van der Waals surface area contributed by atoms with Crippen molar-refractivity contribution in [2.75, 3.05) is 13.1 Å². The Bertz CT molecular complexity index is 372. The second-order valence-corrected chi connectivity index (χ2v) is 5.21. The number of halogens is 2. The van der Waals surface area contributed by atoms with Crippen LogP contribution in [-0.4, -0.2) is 13.1 Å². The molecule has 1 aliphatic heterocycles. The van der Waals surface area contributed by atoms with Crippen molar-refractivity contribution in [3.05, 3.63) is 33.5 Å². The lowest BCUT2D eigenvalue weighted by atomic mass is 9.88. The van der Waals surface area contributed by atoms with Gasteiger partial charge in [-0.15, -0.1) is 0 Å². The van der Waals surface area contributed by atoms with Crippen LogP contribution in [0.4, 0.5) is 4.39 Å². The second-order valence-electron chi connectivity index (χ2n) is 4.36. The third kappa shape index (κ3) is 2.46. The number of nitrogens with one attached hydrogen (secondary N) is 1. The molecule has 1 heterocycles. The minimum absolute atomic E-state index is 0.0656. The molecule has 0 atom stereocenters. The fourth-order valence-corrected chi connectivity index (χ4v) is 2.83. The van der Waals surface area contributed by atoms with Gasteiger partial charge in [-0.25, -0.2) is 4.39 Å². The molecule has 2 rings (SSSR count). The van der Waals surface area contributed by atoms with Crippen LogP contribution in [0.5, 0.6) is 0 Å². The lowest BCUT2D eigenvalue weighted by molar-refractivity contribution is 0.444. The summed E-state index contributed by atoms with van der Waals surface area (Å²) in [6.07, 6.45) is 3.03. The van der Waals surface area contributed by atoms with E-state index in [9.17, 15) is 4.39 Å². The summed E-state index contributed by atoms with van der Waals surface area (Å²) in [5.41, 5.74) is 2.11. The van der Waals surface area contributed by atoms with E-state index in [1.54, 1.807) is 0 Å². The van der Waals surface area contributed by atoms with Crippen LogP contribution in [0.1, 0.15) is 36.8 Å². The first-order valence-corrected chi connectivity index (χ1v) is 6.70. The molecule has 1 nitrogen and oxygen atoms in total. The van der Waals surface area contributed by atoms with Gasteiger partial charge >= 0.3 is 0 Å². The molecule has 1 aromatic rings. The minimum atomic E-state index is -0.0656. The van der Waals surface area contributed by atoms with Crippen molar-refractivity contribution in [3.63, 3.8) is 0 Å². The molecular formula is C13H17BrFN. The smallest absolute Gasteiger partial charge is 0.140 e. The normalized spacial score (nSPS) is 17.7. The first kappa shape index (κ1) is 12.1. The van der Waals surface area contributed by atoms with Crippen LogP contribution in [0.25, 0.3) is 0 Å². The van der Waals surface area contributed by atoms with Gasteiger partial charge in [-0.2, -0.15) is 0 Å². The summed E-state index contributed by atoms with van der Waals surface area (Å²) in [4.78, 5) is 0. The van der Waals surface area contributed by atoms with Gasteiger partial charge in [0.15, 0.2) is 0 Å². The average Bonchev–Trinajstić information content (AvgIpc) is 2.33. The maximum Gasteiger partial charge on any atom is 0.140 e. The highest BCUT2D eigenvalue weighted by molar-refractivity contribution is 9.10. The van der Waals surface area contributed by atoms with Gasteiger partial charge < -0.3 is 5.32 Å². The molecule has 0 saturated carbocycles. The number of hydrogen-bond acceptors (Lipinski definition) is 1. The zero-order valence-electron chi connectivity index (χ0n) is 9.52. The number of piperidine rings is 1. The molecule has 1 fully saturated rings. The Hall–Kier alpha value is -0.410. The molecule has 0 radical (unpaired) electrons. The molecule has 0 unspecified atom stereocenters. The monoisotopic (exact) mass is 285 g/mol. The van der Waals surface area contributed by atoms with Gasteiger partial charge in [0, 0.05) is 0 Å². The fraction of sp³-hybridized carbons (Fsp3) is 0.538. The molecule has 1 saturated heterocycles. The summed E-state index contributed by atoms with van der Waals surface area (Å²) in [6.45, 7) is 4.10. The highest BCUT2D eigenvalue weighted by Crippen LogP contribution is 2.32. The van der Waals surface area contributed by atoms with E-state index in [0.717, 1.165) is 37.9 Å². The average molecular weight is 286 g/mol. The third-order valence-electron chi connectivity index (χ3n) is 3.30. The molecule has 1 aliphatic rings. The van der Waals surface area contributed by atoms with Gasteiger partial charge in [0.1, 0.15) is 5.82 Å². The van der Waals surface area contributed by atoms with E-state index in [0.29, 0.717) is 10.4 Å². The molecule has 0 bridgehead atoms. The van der Waals surface area contributed by atoms with Crippen LogP contribution >= 0.6 is 15.9 Å². The summed E-state index contributed by atoms with van der Waals surface area (Å²) in [6, 6.07) is 3.93. The molecule has 0 aliphatic carbocycles.